The van der Waals surface area contributed by atoms with Gasteiger partial charge in [-0.1, -0.05) is 29.5 Å². The molecule has 2 aromatic carbocycles. The highest BCUT2D eigenvalue weighted by atomic mass is 32.2. The molecule has 0 radical (unpaired) electrons. The number of carbonyl (C=O) groups is 1. The summed E-state index contributed by atoms with van der Waals surface area (Å²) in [6.45, 7) is 2.59. The largest absolute Gasteiger partial charge is 0.320 e. The molecule has 2 heterocycles. The van der Waals surface area contributed by atoms with Crippen molar-refractivity contribution in [3.05, 3.63) is 69.9 Å². The molecule has 10 heteroatoms. The van der Waals surface area contributed by atoms with Crippen molar-refractivity contribution >= 4 is 33.0 Å². The highest BCUT2D eigenvalue weighted by Crippen LogP contribution is 2.32. The van der Waals surface area contributed by atoms with Gasteiger partial charge < -0.3 is 5.32 Å². The maximum Gasteiger partial charge on any atom is 0.286 e. The van der Waals surface area contributed by atoms with Crippen LogP contribution in [0.2, 0.25) is 0 Å². The number of anilines is 1. The number of halogens is 1. The van der Waals surface area contributed by atoms with Crippen molar-refractivity contribution in [3.8, 4) is 0 Å². The van der Waals surface area contributed by atoms with E-state index in [1.165, 1.54) is 22.5 Å². The first-order valence-corrected chi connectivity index (χ1v) is 12.1. The van der Waals surface area contributed by atoms with Crippen molar-refractivity contribution in [2.45, 2.75) is 30.6 Å². The van der Waals surface area contributed by atoms with Crippen LogP contribution in [0.1, 0.15) is 39.1 Å². The van der Waals surface area contributed by atoms with Gasteiger partial charge in [0.15, 0.2) is 0 Å². The fraction of sp³-hybridized carbons (Fsp3) is 0.286. The van der Waals surface area contributed by atoms with Gasteiger partial charge in [-0.3, -0.25) is 4.79 Å². The number of benzene rings is 2. The lowest BCUT2D eigenvalue weighted by molar-refractivity contribution is 0.102. The van der Waals surface area contributed by atoms with E-state index in [-0.39, 0.29) is 22.4 Å². The van der Waals surface area contributed by atoms with Crippen LogP contribution < -0.4 is 5.32 Å². The third-order valence-electron chi connectivity index (χ3n) is 5.08. The van der Waals surface area contributed by atoms with Gasteiger partial charge in [-0.05, 0) is 55.7 Å². The summed E-state index contributed by atoms with van der Waals surface area (Å²) < 4.78 is 40.9. The zero-order chi connectivity index (χ0) is 22.0. The number of sulfonamides is 1. The second-order valence-electron chi connectivity index (χ2n) is 7.43. The van der Waals surface area contributed by atoms with Crippen LogP contribution in [-0.4, -0.2) is 41.9 Å². The average molecular weight is 461 g/mol. The molecule has 1 N–H and O–H groups in total. The van der Waals surface area contributed by atoms with Crippen LogP contribution in [0.5, 0.6) is 0 Å². The molecule has 0 saturated carbocycles. The molecule has 1 fully saturated rings. The van der Waals surface area contributed by atoms with Gasteiger partial charge in [-0.25, -0.2) is 12.8 Å². The maximum absolute atomic E-state index is 13.3. The minimum Gasteiger partial charge on any atom is -0.320 e. The zero-order valence-corrected chi connectivity index (χ0v) is 18.4. The molecule has 4 rings (SSSR count). The molecule has 31 heavy (non-hydrogen) atoms. The number of nitrogens with zero attached hydrogens (tertiary/aromatic N) is 3. The molecule has 3 aromatic rings. The van der Waals surface area contributed by atoms with Gasteiger partial charge in [0.1, 0.15) is 10.8 Å². The van der Waals surface area contributed by atoms with Crippen molar-refractivity contribution < 1.29 is 17.6 Å². The van der Waals surface area contributed by atoms with Gasteiger partial charge in [0.05, 0.1) is 4.90 Å². The molecule has 1 atom stereocenters. The molecule has 1 aromatic heterocycles. The first-order valence-electron chi connectivity index (χ1n) is 9.80. The normalized spacial score (nSPS) is 17.4. The van der Waals surface area contributed by atoms with Crippen molar-refractivity contribution in [2.24, 2.45) is 0 Å². The van der Waals surface area contributed by atoms with Crippen molar-refractivity contribution in [3.63, 3.8) is 0 Å². The summed E-state index contributed by atoms with van der Waals surface area (Å²) in [4.78, 5) is 12.7. The van der Waals surface area contributed by atoms with Crippen LogP contribution in [0.25, 0.3) is 0 Å². The van der Waals surface area contributed by atoms with E-state index in [0.29, 0.717) is 23.7 Å². The fourth-order valence-electron chi connectivity index (χ4n) is 3.53. The molecule has 0 bridgehead atoms. The number of hydrogen-bond acceptors (Lipinski definition) is 6. The second-order valence-corrected chi connectivity index (χ2v) is 10.4. The molecular weight excluding hydrogens is 439 g/mol. The van der Waals surface area contributed by atoms with E-state index >= 15 is 0 Å². The quantitative estimate of drug-likeness (QED) is 0.625. The summed E-state index contributed by atoms with van der Waals surface area (Å²) in [7, 11) is -3.60. The smallest absolute Gasteiger partial charge is 0.286 e. The first-order chi connectivity index (χ1) is 14.8. The Balaban J connectivity index is 1.48. The molecule has 7 nitrogen and oxygen atoms in total. The SMILES string of the molecule is Cc1cccc(S(=O)(=O)N2CCC[C@H](c3nnc(C(=O)Nc4cccc(F)c4)s3)C2)c1. The lowest BCUT2D eigenvalue weighted by Crippen LogP contribution is -2.39. The van der Waals surface area contributed by atoms with Gasteiger partial charge in [-0.2, -0.15) is 4.31 Å². The van der Waals surface area contributed by atoms with E-state index in [1.54, 1.807) is 24.3 Å². The Labute approximate surface area is 184 Å². The van der Waals surface area contributed by atoms with Crippen LogP contribution in [0.15, 0.2) is 53.4 Å². The minimum absolute atomic E-state index is 0.137. The van der Waals surface area contributed by atoms with E-state index in [0.717, 1.165) is 23.3 Å². The van der Waals surface area contributed by atoms with E-state index in [2.05, 4.69) is 15.5 Å². The Hall–Kier alpha value is -2.69. The molecule has 162 valence electrons. The summed E-state index contributed by atoms with van der Waals surface area (Å²) in [5.41, 5.74) is 1.21. The molecule has 1 amide bonds. The summed E-state index contributed by atoms with van der Waals surface area (Å²) in [6, 6.07) is 12.4. The third-order valence-corrected chi connectivity index (χ3v) is 8.02. The Morgan fingerprint density at radius 3 is 2.77 bits per heavy atom. The number of aryl methyl sites for hydroxylation is 1. The van der Waals surface area contributed by atoms with Crippen molar-refractivity contribution in [2.75, 3.05) is 18.4 Å². The van der Waals surface area contributed by atoms with Gasteiger partial charge in [-0.15, -0.1) is 10.2 Å². The Morgan fingerprint density at radius 1 is 1.19 bits per heavy atom. The molecule has 0 unspecified atom stereocenters. The topological polar surface area (TPSA) is 92.3 Å². The van der Waals surface area contributed by atoms with E-state index < -0.39 is 21.7 Å². The number of rotatable bonds is 5. The van der Waals surface area contributed by atoms with Crippen LogP contribution in [0, 0.1) is 12.7 Å². The first kappa shape index (κ1) is 21.5. The van der Waals surface area contributed by atoms with Crippen molar-refractivity contribution in [1.82, 2.24) is 14.5 Å². The highest BCUT2D eigenvalue weighted by Gasteiger charge is 2.32. The number of hydrogen-bond donors (Lipinski definition) is 1. The van der Waals surface area contributed by atoms with Gasteiger partial charge in [0, 0.05) is 24.7 Å². The van der Waals surface area contributed by atoms with E-state index in [1.807, 2.05) is 13.0 Å². The summed E-state index contributed by atoms with van der Waals surface area (Å²) in [6.07, 6.45) is 1.46. The molecule has 1 aliphatic heterocycles. The number of carbonyl (C=O) groups excluding carboxylic acids is 1. The molecular formula is C21H21FN4O3S2. The minimum atomic E-state index is -3.60. The number of piperidine rings is 1. The fourth-order valence-corrected chi connectivity index (χ4v) is 6.02. The lowest BCUT2D eigenvalue weighted by Gasteiger charge is -2.30. The molecule has 0 aliphatic carbocycles. The highest BCUT2D eigenvalue weighted by molar-refractivity contribution is 7.89. The average Bonchev–Trinajstić information content (AvgIpc) is 3.24. The van der Waals surface area contributed by atoms with Gasteiger partial charge >= 0.3 is 0 Å². The zero-order valence-electron chi connectivity index (χ0n) is 16.8. The van der Waals surface area contributed by atoms with Crippen molar-refractivity contribution in [1.29, 1.82) is 0 Å². The number of aromatic nitrogens is 2. The van der Waals surface area contributed by atoms with Gasteiger partial charge in [0.2, 0.25) is 15.0 Å². The van der Waals surface area contributed by atoms with Gasteiger partial charge in [0.25, 0.3) is 5.91 Å². The lowest BCUT2D eigenvalue weighted by atomic mass is 10.0. The predicted molar refractivity (Wildman–Crippen MR) is 116 cm³/mol. The van der Waals surface area contributed by atoms with Crippen LogP contribution in [0.3, 0.4) is 0 Å². The summed E-state index contributed by atoms with van der Waals surface area (Å²) in [5.74, 6) is -1.07. The number of nitrogens with one attached hydrogen (secondary N) is 1. The van der Waals surface area contributed by atoms with Crippen LogP contribution in [-0.2, 0) is 10.0 Å². The monoisotopic (exact) mass is 460 g/mol. The summed E-state index contributed by atoms with van der Waals surface area (Å²) >= 11 is 1.13. The van der Waals surface area contributed by atoms with E-state index in [4.69, 9.17) is 0 Å². The van der Waals surface area contributed by atoms with Crippen LogP contribution >= 0.6 is 11.3 Å². The molecule has 1 saturated heterocycles. The Kier molecular flexibility index (Phi) is 6.12. The Bertz CT molecular complexity index is 1210. The maximum atomic E-state index is 13.3. The standard InChI is InChI=1S/C21H21FN4O3S2/c1-14-5-2-9-18(11-14)31(28,29)26-10-4-6-15(13-26)20-24-25-21(30-20)19(27)23-17-8-3-7-16(22)12-17/h2-3,5,7-9,11-12,15H,4,6,10,13H2,1H3,(H,23,27)/t15-/m0/s1. The molecule has 1 aliphatic rings. The second kappa shape index (κ2) is 8.81. The van der Waals surface area contributed by atoms with E-state index in [9.17, 15) is 17.6 Å². The van der Waals surface area contributed by atoms with Crippen LogP contribution in [0.4, 0.5) is 10.1 Å². The molecule has 0 spiro atoms. The summed E-state index contributed by atoms with van der Waals surface area (Å²) in [5, 5.41) is 11.5. The third kappa shape index (κ3) is 4.81. The Morgan fingerprint density at radius 2 is 2.00 bits per heavy atom. The predicted octanol–water partition coefficient (Wildman–Crippen LogP) is 3.81. The number of amides is 1.